The van der Waals surface area contributed by atoms with Crippen molar-refractivity contribution in [2.75, 3.05) is 13.7 Å². The Morgan fingerprint density at radius 3 is 2.82 bits per heavy atom. The first-order valence-electron chi connectivity index (χ1n) is 9.00. The average molecular weight is 376 g/mol. The summed E-state index contributed by atoms with van der Waals surface area (Å²) in [5, 5.41) is 9.65. The third-order valence-corrected chi connectivity index (χ3v) is 4.68. The highest BCUT2D eigenvalue weighted by Crippen LogP contribution is 2.16. The van der Waals surface area contributed by atoms with Crippen molar-refractivity contribution in [1.29, 1.82) is 0 Å². The predicted molar refractivity (Wildman–Crippen MR) is 107 cm³/mol. The standard InChI is InChI=1S/C21H20N4O3/c1-28-11-10-25-21(27)17-5-3-2-4-16(17)19(24-25)13-23-20(26)15-6-7-18-14(12-15)8-9-22-18/h2-9,12,22H,10-11,13H2,1H3,(H,23,26). The van der Waals surface area contributed by atoms with Crippen LogP contribution in [0.1, 0.15) is 16.1 Å². The number of aromatic amines is 1. The number of methoxy groups -OCH3 is 1. The van der Waals surface area contributed by atoms with Gasteiger partial charge >= 0.3 is 0 Å². The van der Waals surface area contributed by atoms with Crippen LogP contribution in [0, 0.1) is 0 Å². The number of amides is 1. The maximum Gasteiger partial charge on any atom is 0.274 e. The molecule has 0 aliphatic heterocycles. The Labute approximate surface area is 160 Å². The summed E-state index contributed by atoms with van der Waals surface area (Å²) in [6, 6.07) is 14.7. The van der Waals surface area contributed by atoms with E-state index in [0.717, 1.165) is 16.3 Å². The molecule has 2 aromatic carbocycles. The van der Waals surface area contributed by atoms with Gasteiger partial charge in [-0.15, -0.1) is 0 Å². The fourth-order valence-electron chi connectivity index (χ4n) is 3.23. The number of hydrogen-bond donors (Lipinski definition) is 2. The topological polar surface area (TPSA) is 89.0 Å². The zero-order chi connectivity index (χ0) is 19.5. The fraction of sp³-hybridized carbons (Fsp3) is 0.190. The highest BCUT2D eigenvalue weighted by Gasteiger charge is 2.12. The van der Waals surface area contributed by atoms with Crippen molar-refractivity contribution >= 4 is 27.6 Å². The van der Waals surface area contributed by atoms with Crippen LogP contribution < -0.4 is 10.9 Å². The Morgan fingerprint density at radius 2 is 2.00 bits per heavy atom. The molecular formula is C21H20N4O3. The van der Waals surface area contributed by atoms with Gasteiger partial charge < -0.3 is 15.0 Å². The maximum absolute atomic E-state index is 12.6. The van der Waals surface area contributed by atoms with Crippen molar-refractivity contribution in [2.45, 2.75) is 13.1 Å². The largest absolute Gasteiger partial charge is 0.383 e. The highest BCUT2D eigenvalue weighted by atomic mass is 16.5. The number of nitrogens with zero attached hydrogens (tertiary/aromatic N) is 2. The second kappa shape index (κ2) is 7.66. The minimum atomic E-state index is -0.191. The van der Waals surface area contributed by atoms with Crippen LogP contribution in [0.3, 0.4) is 0 Å². The van der Waals surface area contributed by atoms with Crippen LogP contribution in [-0.2, 0) is 17.8 Å². The molecule has 0 saturated carbocycles. The number of nitrogens with one attached hydrogen (secondary N) is 2. The van der Waals surface area contributed by atoms with Crippen LogP contribution in [0.25, 0.3) is 21.7 Å². The summed E-state index contributed by atoms with van der Waals surface area (Å²) in [6.07, 6.45) is 1.84. The second-order valence-electron chi connectivity index (χ2n) is 6.48. The van der Waals surface area contributed by atoms with Gasteiger partial charge in [-0.3, -0.25) is 9.59 Å². The molecule has 7 nitrogen and oxygen atoms in total. The van der Waals surface area contributed by atoms with Gasteiger partial charge in [0.1, 0.15) is 0 Å². The van der Waals surface area contributed by atoms with Crippen LogP contribution in [0.4, 0.5) is 0 Å². The molecule has 0 unspecified atom stereocenters. The molecule has 1 amide bonds. The van der Waals surface area contributed by atoms with Gasteiger partial charge in [0.2, 0.25) is 0 Å². The Bertz CT molecular complexity index is 1210. The summed E-state index contributed by atoms with van der Waals surface area (Å²) in [5.41, 5.74) is 2.03. The summed E-state index contributed by atoms with van der Waals surface area (Å²) in [5.74, 6) is -0.191. The smallest absolute Gasteiger partial charge is 0.274 e. The molecule has 0 bridgehead atoms. The van der Waals surface area contributed by atoms with E-state index in [4.69, 9.17) is 4.74 Å². The number of carbonyl (C=O) groups is 1. The van der Waals surface area contributed by atoms with Crippen molar-refractivity contribution in [1.82, 2.24) is 20.1 Å². The molecule has 0 aliphatic rings. The van der Waals surface area contributed by atoms with Crippen molar-refractivity contribution in [3.05, 3.63) is 76.3 Å². The van der Waals surface area contributed by atoms with Crippen molar-refractivity contribution < 1.29 is 9.53 Å². The third-order valence-electron chi connectivity index (χ3n) is 4.68. The van der Waals surface area contributed by atoms with Gasteiger partial charge in [0.05, 0.1) is 30.8 Å². The maximum atomic E-state index is 12.6. The van der Waals surface area contributed by atoms with Crippen LogP contribution in [-0.4, -0.2) is 34.4 Å². The van der Waals surface area contributed by atoms with Gasteiger partial charge in [-0.25, -0.2) is 4.68 Å². The van der Waals surface area contributed by atoms with E-state index in [1.807, 2.05) is 42.6 Å². The number of H-pyrrole nitrogens is 1. The van der Waals surface area contributed by atoms with E-state index in [-0.39, 0.29) is 18.0 Å². The lowest BCUT2D eigenvalue weighted by Gasteiger charge is -2.12. The molecule has 2 aromatic heterocycles. The van der Waals surface area contributed by atoms with E-state index >= 15 is 0 Å². The fourth-order valence-corrected chi connectivity index (χ4v) is 3.23. The molecule has 28 heavy (non-hydrogen) atoms. The summed E-state index contributed by atoms with van der Waals surface area (Å²) >= 11 is 0. The number of fused-ring (bicyclic) bond motifs is 2. The van der Waals surface area contributed by atoms with Gasteiger partial charge in [-0.05, 0) is 30.3 Å². The van der Waals surface area contributed by atoms with Gasteiger partial charge in [0, 0.05) is 35.2 Å². The first-order valence-corrected chi connectivity index (χ1v) is 9.00. The minimum Gasteiger partial charge on any atom is -0.383 e. The summed E-state index contributed by atoms with van der Waals surface area (Å²) in [4.78, 5) is 28.3. The normalized spacial score (nSPS) is 11.2. The minimum absolute atomic E-state index is 0.166. The van der Waals surface area contributed by atoms with E-state index in [0.29, 0.717) is 29.8 Å². The molecule has 2 heterocycles. The van der Waals surface area contributed by atoms with Crippen LogP contribution in [0.2, 0.25) is 0 Å². The van der Waals surface area contributed by atoms with Gasteiger partial charge in [-0.2, -0.15) is 5.10 Å². The molecule has 4 rings (SSSR count). The zero-order valence-corrected chi connectivity index (χ0v) is 15.4. The molecule has 2 N–H and O–H groups in total. The monoisotopic (exact) mass is 376 g/mol. The summed E-state index contributed by atoms with van der Waals surface area (Å²) < 4.78 is 6.45. The number of ether oxygens (including phenoxy) is 1. The first-order chi connectivity index (χ1) is 13.7. The van der Waals surface area contributed by atoms with Crippen LogP contribution in [0.15, 0.2) is 59.5 Å². The van der Waals surface area contributed by atoms with E-state index in [1.165, 1.54) is 4.68 Å². The van der Waals surface area contributed by atoms with E-state index in [2.05, 4.69) is 15.4 Å². The Balaban J connectivity index is 1.62. The lowest BCUT2D eigenvalue weighted by Crippen LogP contribution is -2.29. The lowest BCUT2D eigenvalue weighted by atomic mass is 10.1. The number of hydrogen-bond acceptors (Lipinski definition) is 4. The average Bonchev–Trinajstić information content (AvgIpc) is 3.20. The van der Waals surface area contributed by atoms with Gasteiger partial charge in [0.25, 0.3) is 11.5 Å². The zero-order valence-electron chi connectivity index (χ0n) is 15.4. The molecule has 4 aromatic rings. The van der Waals surface area contributed by atoms with E-state index < -0.39 is 0 Å². The molecule has 142 valence electrons. The number of rotatable bonds is 6. The second-order valence-corrected chi connectivity index (χ2v) is 6.48. The quantitative estimate of drug-likeness (QED) is 0.541. The van der Waals surface area contributed by atoms with E-state index in [9.17, 15) is 9.59 Å². The molecular weight excluding hydrogens is 356 g/mol. The predicted octanol–water partition coefficient (Wildman–Crippen LogP) is 2.45. The third kappa shape index (κ3) is 3.39. The van der Waals surface area contributed by atoms with Gasteiger partial charge in [0.15, 0.2) is 0 Å². The van der Waals surface area contributed by atoms with Gasteiger partial charge in [-0.1, -0.05) is 18.2 Å². The number of benzene rings is 2. The Hall–Kier alpha value is -3.45. The van der Waals surface area contributed by atoms with Crippen molar-refractivity contribution in [3.8, 4) is 0 Å². The molecule has 0 atom stereocenters. The van der Waals surface area contributed by atoms with Crippen molar-refractivity contribution in [3.63, 3.8) is 0 Å². The van der Waals surface area contributed by atoms with Crippen LogP contribution in [0.5, 0.6) is 0 Å². The highest BCUT2D eigenvalue weighted by molar-refractivity contribution is 5.98. The Kier molecular flexibility index (Phi) is 4.90. The van der Waals surface area contributed by atoms with Crippen molar-refractivity contribution in [2.24, 2.45) is 0 Å². The number of aromatic nitrogens is 3. The summed E-state index contributed by atoms with van der Waals surface area (Å²) in [7, 11) is 1.58. The molecule has 0 radical (unpaired) electrons. The SMILES string of the molecule is COCCn1nc(CNC(=O)c2ccc3[nH]ccc3c2)c2ccccc2c1=O. The molecule has 0 fully saturated rings. The molecule has 7 heteroatoms. The number of carbonyl (C=O) groups excluding carboxylic acids is 1. The summed E-state index contributed by atoms with van der Waals surface area (Å²) in [6.45, 7) is 0.955. The van der Waals surface area contributed by atoms with E-state index in [1.54, 1.807) is 19.2 Å². The molecule has 0 aliphatic carbocycles. The first kappa shape index (κ1) is 17.9. The Morgan fingerprint density at radius 1 is 1.18 bits per heavy atom. The molecule has 0 spiro atoms. The molecule has 0 saturated heterocycles. The lowest BCUT2D eigenvalue weighted by molar-refractivity contribution is 0.0950. The van der Waals surface area contributed by atoms with Crippen LogP contribution >= 0.6 is 0 Å².